The summed E-state index contributed by atoms with van der Waals surface area (Å²) < 4.78 is 10.5. The Bertz CT molecular complexity index is 584. The fourth-order valence-corrected chi connectivity index (χ4v) is 2.68. The van der Waals surface area contributed by atoms with Gasteiger partial charge in [0.2, 0.25) is 11.8 Å². The monoisotopic (exact) mass is 334 g/mol. The summed E-state index contributed by atoms with van der Waals surface area (Å²) in [6.07, 6.45) is 3.17. The first-order valence-corrected chi connectivity index (χ1v) is 8.30. The molecule has 2 rings (SSSR count). The van der Waals surface area contributed by atoms with E-state index in [0.717, 1.165) is 18.4 Å². The molecule has 1 fully saturated rings. The maximum atomic E-state index is 11.9. The normalized spacial score (nSPS) is 13.3. The number of methoxy groups -OCH3 is 2. The van der Waals surface area contributed by atoms with Gasteiger partial charge in [-0.25, -0.2) is 0 Å². The molecule has 1 saturated carbocycles. The number of nitrogens with zero attached hydrogens (tertiary/aromatic N) is 1. The van der Waals surface area contributed by atoms with Crippen molar-refractivity contribution in [3.63, 3.8) is 0 Å². The minimum atomic E-state index is -0.0256. The van der Waals surface area contributed by atoms with Gasteiger partial charge in [0.25, 0.3) is 0 Å². The second-order valence-electron chi connectivity index (χ2n) is 5.98. The molecular formula is C18H26N2O4. The van der Waals surface area contributed by atoms with Gasteiger partial charge < -0.3 is 19.7 Å². The van der Waals surface area contributed by atoms with Crippen molar-refractivity contribution in [1.29, 1.82) is 0 Å². The molecule has 0 bridgehead atoms. The summed E-state index contributed by atoms with van der Waals surface area (Å²) in [6.45, 7) is 2.62. The van der Waals surface area contributed by atoms with E-state index in [-0.39, 0.29) is 11.8 Å². The highest BCUT2D eigenvalue weighted by molar-refractivity contribution is 5.78. The van der Waals surface area contributed by atoms with Crippen LogP contribution in [0.3, 0.4) is 0 Å². The Hall–Kier alpha value is -2.24. The van der Waals surface area contributed by atoms with E-state index < -0.39 is 0 Å². The number of carbonyl (C=O) groups excluding carboxylic acids is 2. The van der Waals surface area contributed by atoms with Gasteiger partial charge in [-0.3, -0.25) is 9.59 Å². The van der Waals surface area contributed by atoms with Crippen molar-refractivity contribution >= 4 is 11.8 Å². The van der Waals surface area contributed by atoms with Crippen LogP contribution in [-0.4, -0.2) is 50.1 Å². The van der Waals surface area contributed by atoms with Crippen molar-refractivity contribution in [2.24, 2.45) is 0 Å². The molecule has 6 heteroatoms. The lowest BCUT2D eigenvalue weighted by Crippen LogP contribution is -2.35. The van der Waals surface area contributed by atoms with Crippen LogP contribution >= 0.6 is 0 Å². The molecule has 24 heavy (non-hydrogen) atoms. The lowest BCUT2D eigenvalue weighted by molar-refractivity contribution is -0.130. The van der Waals surface area contributed by atoms with Crippen LogP contribution in [0.15, 0.2) is 18.2 Å². The number of nitrogens with one attached hydrogen (secondary N) is 1. The summed E-state index contributed by atoms with van der Waals surface area (Å²) in [7, 11) is 3.20. The summed E-state index contributed by atoms with van der Waals surface area (Å²) in [4.78, 5) is 25.3. The zero-order chi connectivity index (χ0) is 17.5. The maximum absolute atomic E-state index is 11.9. The summed E-state index contributed by atoms with van der Waals surface area (Å²) in [5, 5.41) is 2.90. The Kier molecular flexibility index (Phi) is 6.46. The van der Waals surface area contributed by atoms with Gasteiger partial charge in [-0.2, -0.15) is 0 Å². The van der Waals surface area contributed by atoms with Crippen molar-refractivity contribution in [2.75, 3.05) is 27.3 Å². The van der Waals surface area contributed by atoms with Crippen molar-refractivity contribution in [3.05, 3.63) is 23.8 Å². The molecule has 0 aliphatic heterocycles. The van der Waals surface area contributed by atoms with Crippen LogP contribution in [0.5, 0.6) is 11.5 Å². The van der Waals surface area contributed by atoms with Crippen molar-refractivity contribution < 1.29 is 19.1 Å². The zero-order valence-electron chi connectivity index (χ0n) is 14.6. The predicted molar refractivity (Wildman–Crippen MR) is 91.3 cm³/mol. The van der Waals surface area contributed by atoms with Crippen LogP contribution in [0.4, 0.5) is 0 Å². The van der Waals surface area contributed by atoms with Gasteiger partial charge in [-0.05, 0) is 37.0 Å². The van der Waals surface area contributed by atoms with E-state index in [0.29, 0.717) is 43.5 Å². The third-order valence-electron chi connectivity index (χ3n) is 4.16. The fourth-order valence-electron chi connectivity index (χ4n) is 2.68. The molecular weight excluding hydrogens is 308 g/mol. The van der Waals surface area contributed by atoms with E-state index in [4.69, 9.17) is 9.47 Å². The van der Waals surface area contributed by atoms with Gasteiger partial charge in [0.05, 0.1) is 14.2 Å². The minimum absolute atomic E-state index is 0.0256. The van der Waals surface area contributed by atoms with E-state index >= 15 is 0 Å². The number of hydrogen-bond donors (Lipinski definition) is 1. The molecule has 132 valence electrons. The average Bonchev–Trinajstić information content (AvgIpc) is 3.39. The summed E-state index contributed by atoms with van der Waals surface area (Å²) in [5.41, 5.74) is 1.07. The van der Waals surface area contributed by atoms with Gasteiger partial charge in [0, 0.05) is 32.5 Å². The summed E-state index contributed by atoms with van der Waals surface area (Å²) in [6, 6.07) is 6.08. The Labute approximate surface area is 143 Å². The van der Waals surface area contributed by atoms with Crippen molar-refractivity contribution in [3.8, 4) is 11.5 Å². The molecule has 0 aromatic heterocycles. The molecule has 0 unspecified atom stereocenters. The van der Waals surface area contributed by atoms with Gasteiger partial charge in [0.1, 0.15) is 0 Å². The molecule has 0 atom stereocenters. The van der Waals surface area contributed by atoms with E-state index in [9.17, 15) is 9.59 Å². The van der Waals surface area contributed by atoms with E-state index in [1.54, 1.807) is 26.0 Å². The smallest absolute Gasteiger partial charge is 0.221 e. The number of hydrogen-bond acceptors (Lipinski definition) is 4. The second kappa shape index (κ2) is 8.57. The topological polar surface area (TPSA) is 67.9 Å². The average molecular weight is 334 g/mol. The number of rotatable bonds is 9. The highest BCUT2D eigenvalue weighted by Crippen LogP contribution is 2.28. The van der Waals surface area contributed by atoms with Crippen LogP contribution in [0.25, 0.3) is 0 Å². The second-order valence-corrected chi connectivity index (χ2v) is 5.98. The van der Waals surface area contributed by atoms with Crippen LogP contribution in [0.1, 0.15) is 31.7 Å². The van der Waals surface area contributed by atoms with Gasteiger partial charge in [-0.15, -0.1) is 0 Å². The Morgan fingerprint density at radius 3 is 2.50 bits per heavy atom. The number of amides is 2. The highest BCUT2D eigenvalue weighted by atomic mass is 16.5. The first kappa shape index (κ1) is 18.1. The molecule has 1 aliphatic rings. The van der Waals surface area contributed by atoms with E-state index in [2.05, 4.69) is 5.32 Å². The highest BCUT2D eigenvalue weighted by Gasteiger charge is 2.30. The van der Waals surface area contributed by atoms with Crippen LogP contribution in [0, 0.1) is 0 Å². The Morgan fingerprint density at radius 2 is 1.92 bits per heavy atom. The fraction of sp³-hybridized carbons (Fsp3) is 0.556. The van der Waals surface area contributed by atoms with E-state index in [1.807, 2.05) is 18.2 Å². The number of benzene rings is 1. The van der Waals surface area contributed by atoms with Crippen molar-refractivity contribution in [1.82, 2.24) is 10.2 Å². The lowest BCUT2D eigenvalue weighted by atomic mass is 10.1. The largest absolute Gasteiger partial charge is 0.493 e. The van der Waals surface area contributed by atoms with Crippen LogP contribution in [0.2, 0.25) is 0 Å². The van der Waals surface area contributed by atoms with E-state index in [1.165, 1.54) is 0 Å². The summed E-state index contributed by atoms with van der Waals surface area (Å²) >= 11 is 0. The Morgan fingerprint density at radius 1 is 1.21 bits per heavy atom. The lowest BCUT2D eigenvalue weighted by Gasteiger charge is -2.20. The number of carbonyl (C=O) groups is 2. The maximum Gasteiger partial charge on any atom is 0.221 e. The van der Waals surface area contributed by atoms with Gasteiger partial charge in [-0.1, -0.05) is 6.07 Å². The first-order chi connectivity index (χ1) is 11.5. The molecule has 2 amide bonds. The molecule has 1 aliphatic carbocycles. The molecule has 0 saturated heterocycles. The molecule has 1 aromatic carbocycles. The third-order valence-corrected chi connectivity index (χ3v) is 4.16. The Balaban J connectivity index is 1.73. The SMILES string of the molecule is COc1ccc(CCNC(=O)CCN(C(C)=O)C2CC2)cc1OC. The molecule has 6 nitrogen and oxygen atoms in total. The third kappa shape index (κ3) is 5.15. The van der Waals surface area contributed by atoms with Crippen LogP contribution in [-0.2, 0) is 16.0 Å². The molecule has 0 spiro atoms. The minimum Gasteiger partial charge on any atom is -0.493 e. The van der Waals surface area contributed by atoms with Crippen LogP contribution < -0.4 is 14.8 Å². The molecule has 1 N–H and O–H groups in total. The summed E-state index contributed by atoms with van der Waals surface area (Å²) in [5.74, 6) is 1.40. The zero-order valence-corrected chi connectivity index (χ0v) is 14.6. The van der Waals surface area contributed by atoms with Gasteiger partial charge >= 0.3 is 0 Å². The van der Waals surface area contributed by atoms with Crippen molar-refractivity contribution in [2.45, 2.75) is 38.6 Å². The van der Waals surface area contributed by atoms with Gasteiger partial charge in [0.15, 0.2) is 11.5 Å². The molecule has 1 aromatic rings. The predicted octanol–water partition coefficient (Wildman–Crippen LogP) is 1.76. The first-order valence-electron chi connectivity index (χ1n) is 8.30. The number of ether oxygens (including phenoxy) is 2. The quantitative estimate of drug-likeness (QED) is 0.747. The molecule has 0 heterocycles. The molecule has 0 radical (unpaired) electrons. The standard InChI is InChI=1S/C18H26N2O4/c1-13(21)20(15-5-6-15)11-9-18(22)19-10-8-14-4-7-16(23-2)17(12-14)24-3/h4,7,12,15H,5-6,8-11H2,1-3H3,(H,19,22).